The number of aliphatic hydroxyl groups is 2. The van der Waals surface area contributed by atoms with Gasteiger partial charge >= 0.3 is 0 Å². The predicted molar refractivity (Wildman–Crippen MR) is 57.9 cm³/mol. The van der Waals surface area contributed by atoms with Crippen LogP contribution in [0.15, 0.2) is 0 Å². The maximum absolute atomic E-state index is 10.5. The van der Waals surface area contributed by atoms with Crippen molar-refractivity contribution in [1.29, 1.82) is 0 Å². The molecule has 0 spiro atoms. The second-order valence-corrected chi connectivity index (χ2v) is 5.82. The molecule has 84 valence electrons. The van der Waals surface area contributed by atoms with E-state index in [4.69, 9.17) is 0 Å². The molecule has 0 heterocycles. The first-order valence-electron chi connectivity index (χ1n) is 5.53. The van der Waals surface area contributed by atoms with Crippen molar-refractivity contribution in [2.45, 2.75) is 47.1 Å². The van der Waals surface area contributed by atoms with Crippen LogP contribution < -0.4 is 0 Å². The Labute approximate surface area is 87.3 Å². The molecule has 0 bridgehead atoms. The maximum atomic E-state index is 10.5. The van der Waals surface area contributed by atoms with Gasteiger partial charge in [-0.15, -0.1) is 0 Å². The first-order chi connectivity index (χ1) is 6.20. The second-order valence-electron chi connectivity index (χ2n) is 5.82. The largest absolute Gasteiger partial charge is 0.393 e. The minimum atomic E-state index is -0.900. The lowest BCUT2D eigenvalue weighted by Crippen LogP contribution is -2.32. The van der Waals surface area contributed by atoms with Crippen LogP contribution in [0.4, 0.5) is 0 Å². The predicted octanol–water partition coefficient (Wildman–Crippen LogP) is 2.05. The van der Waals surface area contributed by atoms with E-state index >= 15 is 0 Å². The number of hydrogen-bond donors (Lipinski definition) is 2. The fourth-order valence-electron chi connectivity index (χ4n) is 4.41. The van der Waals surface area contributed by atoms with E-state index in [0.717, 1.165) is 0 Å². The highest BCUT2D eigenvalue weighted by molar-refractivity contribution is 5.31. The molecule has 1 atom stereocenters. The Morgan fingerprint density at radius 2 is 1.36 bits per heavy atom. The standard InChI is InChI=1S/C12H24O2/c1-8(2)12(9(3)4)10(5,6)11(12,14)7-13/h8-9,13-14H,7H2,1-6H3. The third-order valence-electron chi connectivity index (χ3n) is 4.74. The Kier molecular flexibility index (Phi) is 2.53. The summed E-state index contributed by atoms with van der Waals surface area (Å²) in [5.41, 5.74) is -1.23. The smallest absolute Gasteiger partial charge is 0.100 e. The molecule has 1 aliphatic carbocycles. The third-order valence-corrected chi connectivity index (χ3v) is 4.74. The van der Waals surface area contributed by atoms with Crippen LogP contribution in [-0.4, -0.2) is 22.4 Å². The zero-order valence-electron chi connectivity index (χ0n) is 10.3. The Morgan fingerprint density at radius 1 is 1.00 bits per heavy atom. The number of aliphatic hydroxyl groups excluding tert-OH is 1. The summed E-state index contributed by atoms with van der Waals surface area (Å²) in [6.07, 6.45) is 0. The lowest BCUT2D eigenvalue weighted by atomic mass is 9.75. The molecule has 0 amide bonds. The van der Waals surface area contributed by atoms with E-state index in [1.165, 1.54) is 0 Å². The minimum absolute atomic E-state index is 0.129. The Balaban J connectivity index is 3.17. The van der Waals surface area contributed by atoms with Gasteiger partial charge in [0.15, 0.2) is 0 Å². The van der Waals surface area contributed by atoms with Crippen LogP contribution in [0.2, 0.25) is 0 Å². The molecule has 0 radical (unpaired) electrons. The summed E-state index contributed by atoms with van der Waals surface area (Å²) < 4.78 is 0. The van der Waals surface area contributed by atoms with Crippen molar-refractivity contribution in [3.63, 3.8) is 0 Å². The summed E-state index contributed by atoms with van der Waals surface area (Å²) in [6.45, 7) is 12.5. The third kappa shape index (κ3) is 0.892. The first kappa shape index (κ1) is 12.0. The van der Waals surface area contributed by atoms with E-state index < -0.39 is 5.60 Å². The molecule has 1 aliphatic rings. The molecule has 1 saturated carbocycles. The summed E-state index contributed by atoms with van der Waals surface area (Å²) in [5.74, 6) is 0.768. The minimum Gasteiger partial charge on any atom is -0.393 e. The molecular weight excluding hydrogens is 176 g/mol. The molecule has 0 aromatic carbocycles. The second kappa shape index (κ2) is 2.96. The molecule has 14 heavy (non-hydrogen) atoms. The van der Waals surface area contributed by atoms with Crippen molar-refractivity contribution in [3.05, 3.63) is 0 Å². The zero-order chi connectivity index (χ0) is 11.4. The molecule has 0 aromatic heterocycles. The Bertz CT molecular complexity index is 222. The quantitative estimate of drug-likeness (QED) is 0.732. The van der Waals surface area contributed by atoms with Gasteiger partial charge in [-0.2, -0.15) is 0 Å². The molecule has 0 aliphatic heterocycles. The van der Waals surface area contributed by atoms with Crippen molar-refractivity contribution >= 4 is 0 Å². The molecule has 1 rings (SSSR count). The van der Waals surface area contributed by atoms with E-state index in [-0.39, 0.29) is 17.4 Å². The summed E-state index contributed by atoms with van der Waals surface area (Å²) in [6, 6.07) is 0. The molecule has 2 N–H and O–H groups in total. The van der Waals surface area contributed by atoms with E-state index in [9.17, 15) is 10.2 Å². The van der Waals surface area contributed by atoms with Crippen LogP contribution in [0.5, 0.6) is 0 Å². The van der Waals surface area contributed by atoms with Crippen molar-refractivity contribution in [2.75, 3.05) is 6.61 Å². The van der Waals surface area contributed by atoms with Gasteiger partial charge in [-0.25, -0.2) is 0 Å². The molecule has 1 unspecified atom stereocenters. The lowest BCUT2D eigenvalue weighted by molar-refractivity contribution is 0.00158. The van der Waals surface area contributed by atoms with Gasteiger partial charge in [-0.1, -0.05) is 41.5 Å². The molecule has 0 saturated heterocycles. The van der Waals surface area contributed by atoms with E-state index in [1.807, 2.05) is 0 Å². The van der Waals surface area contributed by atoms with E-state index in [1.54, 1.807) is 0 Å². The Hall–Kier alpha value is -0.0800. The average molecular weight is 200 g/mol. The molecular formula is C12H24O2. The fourth-order valence-corrected chi connectivity index (χ4v) is 4.41. The van der Waals surface area contributed by atoms with Crippen LogP contribution >= 0.6 is 0 Å². The zero-order valence-corrected chi connectivity index (χ0v) is 10.3. The van der Waals surface area contributed by atoms with Crippen molar-refractivity contribution in [3.8, 4) is 0 Å². The van der Waals surface area contributed by atoms with Gasteiger partial charge in [0.25, 0.3) is 0 Å². The van der Waals surface area contributed by atoms with Crippen LogP contribution in [-0.2, 0) is 0 Å². The van der Waals surface area contributed by atoms with Gasteiger partial charge in [0.2, 0.25) is 0 Å². The monoisotopic (exact) mass is 200 g/mol. The highest BCUT2D eigenvalue weighted by Gasteiger charge is 2.83. The first-order valence-corrected chi connectivity index (χ1v) is 5.53. The Morgan fingerprint density at radius 3 is 1.43 bits per heavy atom. The number of hydrogen-bond acceptors (Lipinski definition) is 2. The molecule has 1 fully saturated rings. The lowest BCUT2D eigenvalue weighted by Gasteiger charge is -2.30. The van der Waals surface area contributed by atoms with E-state index in [2.05, 4.69) is 41.5 Å². The van der Waals surface area contributed by atoms with Gasteiger partial charge in [0.05, 0.1) is 6.61 Å². The average Bonchev–Trinajstić information content (AvgIpc) is 2.43. The summed E-state index contributed by atoms with van der Waals surface area (Å²) in [7, 11) is 0. The van der Waals surface area contributed by atoms with Gasteiger partial charge in [-0.3, -0.25) is 0 Å². The van der Waals surface area contributed by atoms with Crippen LogP contribution in [0.3, 0.4) is 0 Å². The van der Waals surface area contributed by atoms with E-state index in [0.29, 0.717) is 11.8 Å². The van der Waals surface area contributed by atoms with Crippen LogP contribution in [0.1, 0.15) is 41.5 Å². The maximum Gasteiger partial charge on any atom is 0.100 e. The summed E-state index contributed by atoms with van der Waals surface area (Å²) in [5, 5.41) is 19.9. The fraction of sp³-hybridized carbons (Fsp3) is 1.00. The summed E-state index contributed by atoms with van der Waals surface area (Å²) in [4.78, 5) is 0. The summed E-state index contributed by atoms with van der Waals surface area (Å²) >= 11 is 0. The van der Waals surface area contributed by atoms with Gasteiger partial charge in [0, 0.05) is 10.8 Å². The highest BCUT2D eigenvalue weighted by atomic mass is 16.3. The van der Waals surface area contributed by atoms with Crippen molar-refractivity contribution in [1.82, 2.24) is 0 Å². The van der Waals surface area contributed by atoms with Crippen LogP contribution in [0.25, 0.3) is 0 Å². The van der Waals surface area contributed by atoms with Crippen molar-refractivity contribution < 1.29 is 10.2 Å². The normalized spacial score (nSPS) is 33.9. The SMILES string of the molecule is CC(C)C1(C(C)C)C(C)(C)C1(O)CO. The molecule has 0 aromatic rings. The number of rotatable bonds is 3. The van der Waals surface area contributed by atoms with Gasteiger partial charge in [0.1, 0.15) is 5.60 Å². The molecule has 2 nitrogen and oxygen atoms in total. The topological polar surface area (TPSA) is 40.5 Å². The molecule has 2 heteroatoms. The van der Waals surface area contributed by atoms with Gasteiger partial charge < -0.3 is 10.2 Å². The van der Waals surface area contributed by atoms with Gasteiger partial charge in [-0.05, 0) is 11.8 Å². The van der Waals surface area contributed by atoms with Crippen LogP contribution in [0, 0.1) is 22.7 Å². The van der Waals surface area contributed by atoms with Crippen molar-refractivity contribution in [2.24, 2.45) is 22.7 Å². The highest BCUT2D eigenvalue weighted by Crippen LogP contribution is 2.77.